The van der Waals surface area contributed by atoms with E-state index in [2.05, 4.69) is 5.32 Å². The molecule has 2 aliphatic heterocycles. The summed E-state index contributed by atoms with van der Waals surface area (Å²) in [6.45, 7) is 0.0847. The van der Waals surface area contributed by atoms with Crippen LogP contribution >= 0.6 is 0 Å². The Balaban J connectivity index is 1.75. The molecule has 11 heteroatoms. The fourth-order valence-electron chi connectivity index (χ4n) is 5.44. The van der Waals surface area contributed by atoms with E-state index in [-0.39, 0.29) is 23.6 Å². The molecule has 1 saturated heterocycles. The maximum absolute atomic E-state index is 13.8. The van der Waals surface area contributed by atoms with E-state index in [1.54, 1.807) is 18.0 Å². The van der Waals surface area contributed by atoms with Crippen molar-refractivity contribution in [2.24, 2.45) is 5.92 Å². The number of nitrogens with zero attached hydrogens (tertiary/aromatic N) is 2. The van der Waals surface area contributed by atoms with E-state index >= 15 is 0 Å². The summed E-state index contributed by atoms with van der Waals surface area (Å²) in [4.78, 5) is 39.7. The van der Waals surface area contributed by atoms with Crippen LogP contribution in [0.4, 0.5) is 24.5 Å². The lowest BCUT2D eigenvalue weighted by Gasteiger charge is -2.35. The zero-order valence-electron chi connectivity index (χ0n) is 18.2. The highest BCUT2D eigenvalue weighted by molar-refractivity contribution is 6.12. The zero-order valence-corrected chi connectivity index (χ0v) is 18.2. The van der Waals surface area contributed by atoms with Gasteiger partial charge in [0.1, 0.15) is 5.54 Å². The molecule has 1 fully saturated rings. The maximum atomic E-state index is 13.8. The number of hydrogen-bond acceptors (Lipinski definition) is 6. The number of fused-ring (bicyclic) bond motifs is 2. The Morgan fingerprint density at radius 3 is 2.60 bits per heavy atom. The molecule has 0 radical (unpaired) electrons. The topological polar surface area (TPSA) is 106 Å². The molecule has 0 aliphatic carbocycles. The first kappa shape index (κ1) is 22.8. The molecular formula is C24H18F3N3O5. The van der Waals surface area contributed by atoms with E-state index in [0.717, 1.165) is 6.07 Å². The Kier molecular flexibility index (Phi) is 5.06. The molecule has 8 nitrogen and oxygen atoms in total. The number of anilines is 1. The predicted molar refractivity (Wildman–Crippen MR) is 117 cm³/mol. The van der Waals surface area contributed by atoms with Crippen molar-refractivity contribution in [2.75, 3.05) is 18.9 Å². The Labute approximate surface area is 196 Å². The van der Waals surface area contributed by atoms with E-state index in [0.29, 0.717) is 5.56 Å². The number of hydrogen-bond donors (Lipinski definition) is 1. The van der Waals surface area contributed by atoms with Gasteiger partial charge in [0.05, 0.1) is 28.4 Å². The van der Waals surface area contributed by atoms with Gasteiger partial charge in [0.2, 0.25) is 11.7 Å². The van der Waals surface area contributed by atoms with Crippen molar-refractivity contribution in [2.45, 2.75) is 17.6 Å². The van der Waals surface area contributed by atoms with Crippen molar-refractivity contribution in [3.8, 4) is 0 Å². The number of halogens is 3. The summed E-state index contributed by atoms with van der Waals surface area (Å²) >= 11 is 0. The molecule has 35 heavy (non-hydrogen) atoms. The minimum atomic E-state index is -4.73. The van der Waals surface area contributed by atoms with Crippen LogP contribution in [-0.4, -0.2) is 35.1 Å². The number of likely N-dealkylation sites (tertiary alicyclic amines) is 1. The zero-order chi connectivity index (χ0) is 25.1. The number of non-ortho nitro benzene ring substituents is 1. The second kappa shape index (κ2) is 7.77. The van der Waals surface area contributed by atoms with Crippen LogP contribution in [0, 0.1) is 16.0 Å². The maximum Gasteiger partial charge on any atom is 0.418 e. The van der Waals surface area contributed by atoms with Gasteiger partial charge in [-0.2, -0.15) is 13.2 Å². The third-order valence-electron chi connectivity index (χ3n) is 6.85. The second-order valence-corrected chi connectivity index (χ2v) is 8.60. The number of nitro groups is 1. The largest absolute Gasteiger partial charge is 0.461 e. The Hall–Kier alpha value is -3.99. The normalized spacial score (nSPS) is 23.9. The number of Topliss-reactive ketones (excluding diaryl/α,β-unsaturated/α-hetero) is 1. The second-order valence-electron chi connectivity index (χ2n) is 8.60. The van der Waals surface area contributed by atoms with Crippen LogP contribution in [0.5, 0.6) is 0 Å². The van der Waals surface area contributed by atoms with Gasteiger partial charge in [-0.3, -0.25) is 24.6 Å². The van der Waals surface area contributed by atoms with E-state index in [1.807, 2.05) is 0 Å². The van der Waals surface area contributed by atoms with Gasteiger partial charge < -0.3 is 9.73 Å². The first-order chi connectivity index (χ1) is 16.6. The van der Waals surface area contributed by atoms with Crippen molar-refractivity contribution in [1.29, 1.82) is 0 Å². The first-order valence-corrected chi connectivity index (χ1v) is 10.6. The molecule has 180 valence electrons. The molecule has 3 heterocycles. The number of carbonyl (C=O) groups is 2. The molecule has 2 aromatic carbocycles. The smallest absolute Gasteiger partial charge is 0.418 e. The molecule has 2 aliphatic rings. The number of carbonyl (C=O) groups excluding carboxylic acids is 2. The average molecular weight is 485 g/mol. The fourth-order valence-corrected chi connectivity index (χ4v) is 5.44. The number of nitrogens with one attached hydrogen (secondary N) is 1. The van der Waals surface area contributed by atoms with Crippen molar-refractivity contribution in [3.63, 3.8) is 0 Å². The summed E-state index contributed by atoms with van der Waals surface area (Å²) in [5, 5.41) is 13.7. The van der Waals surface area contributed by atoms with Crippen molar-refractivity contribution in [3.05, 3.63) is 93.4 Å². The van der Waals surface area contributed by atoms with E-state index in [1.165, 1.54) is 48.7 Å². The Morgan fingerprint density at radius 2 is 1.94 bits per heavy atom. The van der Waals surface area contributed by atoms with Crippen LogP contribution in [0.25, 0.3) is 0 Å². The standard InChI is InChI=1S/C24H18F3N3O5/c1-29-12-15(13-5-2-6-14(11-13)30(33)34)19(21(31)18-9-4-10-35-18)23(29)16-7-3-8-17(24(25,26)27)20(16)28-22(23)32/h2-11,15,19H,12H2,1H3,(H,28,32)/t15-,19+,23-/m1/s1. The van der Waals surface area contributed by atoms with Crippen LogP contribution in [0.15, 0.2) is 65.3 Å². The molecular weight excluding hydrogens is 467 g/mol. The van der Waals surface area contributed by atoms with Crippen molar-refractivity contribution >= 4 is 23.1 Å². The van der Waals surface area contributed by atoms with Gasteiger partial charge in [-0.1, -0.05) is 24.3 Å². The lowest BCUT2D eigenvalue weighted by atomic mass is 9.71. The van der Waals surface area contributed by atoms with Gasteiger partial charge >= 0.3 is 6.18 Å². The molecule has 1 amide bonds. The number of alkyl halides is 3. The highest BCUT2D eigenvalue weighted by Gasteiger charge is 2.65. The Morgan fingerprint density at radius 1 is 1.20 bits per heavy atom. The van der Waals surface area contributed by atoms with Gasteiger partial charge in [0.25, 0.3) is 5.69 Å². The number of ketones is 1. The number of likely N-dealkylation sites (N-methyl/N-ethyl adjacent to an activating group) is 1. The summed E-state index contributed by atoms with van der Waals surface area (Å²) in [7, 11) is 1.55. The number of nitro benzene ring substituents is 1. The van der Waals surface area contributed by atoms with Crippen molar-refractivity contribution < 1.29 is 32.1 Å². The highest BCUT2D eigenvalue weighted by Crippen LogP contribution is 2.57. The fraction of sp³-hybridized carbons (Fsp3) is 0.250. The average Bonchev–Trinajstić information content (AvgIpc) is 3.51. The van der Waals surface area contributed by atoms with Gasteiger partial charge in [0, 0.05) is 30.2 Å². The minimum Gasteiger partial charge on any atom is -0.461 e. The summed E-state index contributed by atoms with van der Waals surface area (Å²) in [6, 6.07) is 12.1. The summed E-state index contributed by atoms with van der Waals surface area (Å²) in [6.07, 6.45) is -3.45. The molecule has 0 saturated carbocycles. The number of rotatable bonds is 4. The number of benzene rings is 2. The van der Waals surface area contributed by atoms with Gasteiger partial charge in [-0.05, 0) is 30.8 Å². The number of furan rings is 1. The molecule has 1 N–H and O–H groups in total. The first-order valence-electron chi connectivity index (χ1n) is 10.6. The van der Waals surface area contributed by atoms with Crippen LogP contribution in [0.3, 0.4) is 0 Å². The van der Waals surface area contributed by atoms with Crippen molar-refractivity contribution in [1.82, 2.24) is 4.90 Å². The molecule has 3 aromatic rings. The van der Waals surface area contributed by atoms with E-state index in [9.17, 15) is 32.9 Å². The summed E-state index contributed by atoms with van der Waals surface area (Å²) < 4.78 is 46.6. The van der Waals surface area contributed by atoms with E-state index in [4.69, 9.17) is 4.42 Å². The quantitative estimate of drug-likeness (QED) is 0.329. The van der Waals surface area contributed by atoms with Gasteiger partial charge in [-0.25, -0.2) is 0 Å². The predicted octanol–water partition coefficient (Wildman–Crippen LogP) is 4.58. The summed E-state index contributed by atoms with van der Waals surface area (Å²) in [5.41, 5.74) is -2.95. The molecule has 1 spiro atoms. The lowest BCUT2D eigenvalue weighted by molar-refractivity contribution is -0.384. The lowest BCUT2D eigenvalue weighted by Crippen LogP contribution is -2.51. The summed E-state index contributed by atoms with van der Waals surface area (Å²) in [5.74, 6) is -3.39. The third-order valence-corrected chi connectivity index (χ3v) is 6.85. The molecule has 0 bridgehead atoms. The SMILES string of the molecule is CN1C[C@H](c2cccc([N+](=O)[O-])c2)[C@@H](C(=O)c2ccco2)[C@]12C(=O)Nc1c(C(F)(F)F)cccc12. The van der Waals surface area contributed by atoms with Crippen LogP contribution in [-0.2, 0) is 16.5 Å². The molecule has 0 unspecified atom stereocenters. The Bertz CT molecular complexity index is 1350. The number of amides is 1. The molecule has 1 aromatic heterocycles. The molecule has 3 atom stereocenters. The van der Waals surface area contributed by atoms with Crippen LogP contribution < -0.4 is 5.32 Å². The number of para-hydroxylation sites is 1. The van der Waals surface area contributed by atoms with Crippen LogP contribution in [0.1, 0.15) is 33.2 Å². The van der Waals surface area contributed by atoms with Gasteiger partial charge in [-0.15, -0.1) is 0 Å². The van der Waals surface area contributed by atoms with Crippen LogP contribution in [0.2, 0.25) is 0 Å². The van der Waals surface area contributed by atoms with E-state index < -0.39 is 51.4 Å². The third kappa shape index (κ3) is 3.26. The molecule has 5 rings (SSSR count). The highest BCUT2D eigenvalue weighted by atomic mass is 19.4. The minimum absolute atomic E-state index is 0.0256. The monoisotopic (exact) mass is 485 g/mol. The van der Waals surface area contributed by atoms with Gasteiger partial charge in [0.15, 0.2) is 5.76 Å².